The molecule has 1 atom stereocenters. The molecule has 0 saturated heterocycles. The van der Waals surface area contributed by atoms with Gasteiger partial charge in [-0.15, -0.1) is 0 Å². The van der Waals surface area contributed by atoms with Crippen molar-refractivity contribution in [2.75, 3.05) is 18.1 Å². The Hall–Kier alpha value is -1.84. The average Bonchev–Trinajstić information content (AvgIpc) is 2.53. The maximum absolute atomic E-state index is 12.7. The van der Waals surface area contributed by atoms with Gasteiger partial charge in [-0.2, -0.15) is 0 Å². The molecule has 0 aliphatic carbocycles. The number of anilines is 1. The van der Waals surface area contributed by atoms with Crippen molar-refractivity contribution in [3.05, 3.63) is 36.4 Å². The number of rotatable bonds is 6. The first kappa shape index (κ1) is 14.6. The van der Waals surface area contributed by atoms with Crippen LogP contribution >= 0.6 is 0 Å². The molecule has 0 amide bonds. The van der Waals surface area contributed by atoms with E-state index < -0.39 is 0 Å². The van der Waals surface area contributed by atoms with E-state index in [0.717, 1.165) is 25.1 Å². The maximum Gasteiger partial charge on any atom is 0.185 e. The van der Waals surface area contributed by atoms with Crippen LogP contribution < -0.4 is 4.90 Å². The molecule has 108 valence electrons. The van der Waals surface area contributed by atoms with Gasteiger partial charge < -0.3 is 9.64 Å². The van der Waals surface area contributed by atoms with Gasteiger partial charge in [-0.1, -0.05) is 26.3 Å². The number of hydrogen-bond acceptors (Lipinski definition) is 4. The molecule has 2 heterocycles. The summed E-state index contributed by atoms with van der Waals surface area (Å²) in [4.78, 5) is 19.0. The third-order valence-corrected chi connectivity index (χ3v) is 3.60. The highest BCUT2D eigenvalue weighted by molar-refractivity contribution is 6.00. The van der Waals surface area contributed by atoms with Crippen LogP contribution in [0.3, 0.4) is 0 Å². The molecule has 20 heavy (non-hydrogen) atoms. The molecule has 0 spiro atoms. The van der Waals surface area contributed by atoms with E-state index in [1.54, 1.807) is 12.5 Å². The summed E-state index contributed by atoms with van der Waals surface area (Å²) < 4.78 is 5.38. The lowest BCUT2D eigenvalue weighted by Gasteiger charge is -2.30. The fourth-order valence-electron chi connectivity index (χ4n) is 2.49. The first-order valence-corrected chi connectivity index (χ1v) is 7.32. The molecule has 0 bridgehead atoms. The van der Waals surface area contributed by atoms with Gasteiger partial charge in [-0.05, 0) is 25.0 Å². The number of ether oxygens (including phenoxy) is 1. The van der Waals surface area contributed by atoms with Gasteiger partial charge in [0.05, 0.1) is 6.54 Å². The zero-order valence-corrected chi connectivity index (χ0v) is 12.2. The highest BCUT2D eigenvalue weighted by Crippen LogP contribution is 2.24. The summed E-state index contributed by atoms with van der Waals surface area (Å²) >= 11 is 0. The van der Waals surface area contributed by atoms with Gasteiger partial charge in [0.25, 0.3) is 0 Å². The van der Waals surface area contributed by atoms with E-state index >= 15 is 0 Å². The third-order valence-electron chi connectivity index (χ3n) is 3.60. The summed E-state index contributed by atoms with van der Waals surface area (Å²) in [6.07, 6.45) is 6.14. The Kier molecular flexibility index (Phi) is 5.16. The minimum Gasteiger partial charge on any atom is -0.497 e. The molecule has 1 aliphatic heterocycles. The molecule has 0 N–H and O–H groups in total. The number of hydrogen-bond donors (Lipinski definition) is 0. The first-order valence-electron chi connectivity index (χ1n) is 7.32. The molecule has 0 saturated carbocycles. The minimum atomic E-state index is 0.0687. The second-order valence-electron chi connectivity index (χ2n) is 4.97. The van der Waals surface area contributed by atoms with Crippen molar-refractivity contribution in [2.24, 2.45) is 5.92 Å². The molecular formula is C16H22N2O2. The fraction of sp³-hybridized carbons (Fsp3) is 0.500. The van der Waals surface area contributed by atoms with Gasteiger partial charge >= 0.3 is 0 Å². The van der Waals surface area contributed by atoms with E-state index in [1.165, 1.54) is 0 Å². The van der Waals surface area contributed by atoms with E-state index in [-0.39, 0.29) is 11.7 Å². The first-order chi connectivity index (χ1) is 9.77. The van der Waals surface area contributed by atoms with Crippen LogP contribution in [0.25, 0.3) is 0 Å². The van der Waals surface area contributed by atoms with Crippen LogP contribution in [0.15, 0.2) is 36.4 Å². The fourth-order valence-corrected chi connectivity index (χ4v) is 2.49. The predicted octanol–water partition coefficient (Wildman–Crippen LogP) is 3.16. The van der Waals surface area contributed by atoms with Crippen LogP contribution in [0, 0.1) is 5.92 Å². The van der Waals surface area contributed by atoms with Gasteiger partial charge in [-0.25, -0.2) is 4.98 Å². The second kappa shape index (κ2) is 7.08. The number of allylic oxidation sites excluding steroid dienone is 1. The van der Waals surface area contributed by atoms with Gasteiger partial charge in [0.1, 0.15) is 24.4 Å². The minimum absolute atomic E-state index is 0.0687. The van der Waals surface area contributed by atoms with Crippen molar-refractivity contribution >= 4 is 11.6 Å². The molecule has 0 aromatic carbocycles. The molecule has 4 heteroatoms. The lowest BCUT2D eigenvalue weighted by atomic mass is 9.93. The Morgan fingerprint density at radius 2 is 2.30 bits per heavy atom. The van der Waals surface area contributed by atoms with E-state index in [4.69, 9.17) is 4.74 Å². The topological polar surface area (TPSA) is 42.4 Å². The van der Waals surface area contributed by atoms with Gasteiger partial charge in [0.15, 0.2) is 5.78 Å². The number of ketones is 1. The number of Topliss-reactive ketones (excluding diaryl/α,β-unsaturated/α-hetero) is 1. The average molecular weight is 274 g/mol. The van der Waals surface area contributed by atoms with Gasteiger partial charge in [0, 0.05) is 12.1 Å². The summed E-state index contributed by atoms with van der Waals surface area (Å²) in [5, 5.41) is 0. The Morgan fingerprint density at radius 3 is 2.95 bits per heavy atom. The number of aromatic nitrogens is 1. The molecule has 1 aromatic heterocycles. The normalized spacial score (nSPS) is 16.3. The van der Waals surface area contributed by atoms with Crippen LogP contribution in [0.2, 0.25) is 0 Å². The molecule has 0 radical (unpaired) electrons. The number of pyridine rings is 1. The molecular weight excluding hydrogens is 252 g/mol. The zero-order chi connectivity index (χ0) is 14.4. The van der Waals surface area contributed by atoms with Crippen LogP contribution in [0.1, 0.15) is 33.1 Å². The highest BCUT2D eigenvalue weighted by Gasteiger charge is 2.28. The molecule has 0 fully saturated rings. The van der Waals surface area contributed by atoms with Crippen molar-refractivity contribution in [3.8, 4) is 0 Å². The van der Waals surface area contributed by atoms with Crippen LogP contribution in [0.4, 0.5) is 5.82 Å². The lowest BCUT2D eigenvalue weighted by molar-refractivity contribution is -0.119. The second-order valence-corrected chi connectivity index (χ2v) is 4.97. The summed E-state index contributed by atoms with van der Waals surface area (Å²) in [7, 11) is 0. The third kappa shape index (κ3) is 3.18. The van der Waals surface area contributed by atoms with E-state index in [2.05, 4.69) is 18.8 Å². The predicted molar refractivity (Wildman–Crippen MR) is 79.3 cm³/mol. The standard InChI is InChI=1S/C16H22N2O2/c1-3-7-13(4-2)16(19)14-12-20-11-10-18(14)15-8-5-6-9-17-15/h5-6,8-9,12-13H,3-4,7,10-11H2,1-2H3. The van der Waals surface area contributed by atoms with Gasteiger partial charge in [0.2, 0.25) is 0 Å². The Balaban J connectivity index is 2.23. The zero-order valence-electron chi connectivity index (χ0n) is 12.2. The van der Waals surface area contributed by atoms with Crippen molar-refractivity contribution in [1.82, 2.24) is 4.98 Å². The summed E-state index contributed by atoms with van der Waals surface area (Å²) in [6.45, 7) is 5.42. The van der Waals surface area contributed by atoms with E-state index in [9.17, 15) is 4.79 Å². The van der Waals surface area contributed by atoms with Crippen LogP contribution in [-0.2, 0) is 9.53 Å². The maximum atomic E-state index is 12.7. The monoisotopic (exact) mass is 274 g/mol. The molecule has 2 rings (SSSR count). The van der Waals surface area contributed by atoms with Gasteiger partial charge in [-0.3, -0.25) is 4.79 Å². The van der Waals surface area contributed by atoms with Crippen molar-refractivity contribution in [1.29, 1.82) is 0 Å². The largest absolute Gasteiger partial charge is 0.497 e. The summed E-state index contributed by atoms with van der Waals surface area (Å²) in [5.74, 6) is 1.04. The van der Waals surface area contributed by atoms with Crippen LogP contribution in [0.5, 0.6) is 0 Å². The number of carbonyl (C=O) groups excluding carboxylic acids is 1. The van der Waals surface area contributed by atoms with Crippen LogP contribution in [-0.4, -0.2) is 23.9 Å². The Labute approximate surface area is 120 Å². The molecule has 1 aliphatic rings. The van der Waals surface area contributed by atoms with Crippen molar-refractivity contribution < 1.29 is 9.53 Å². The smallest absolute Gasteiger partial charge is 0.185 e. The van der Waals surface area contributed by atoms with Crippen molar-refractivity contribution in [2.45, 2.75) is 33.1 Å². The van der Waals surface area contributed by atoms with E-state index in [0.29, 0.717) is 18.8 Å². The highest BCUT2D eigenvalue weighted by atomic mass is 16.5. The molecule has 1 unspecified atom stereocenters. The lowest BCUT2D eigenvalue weighted by Crippen LogP contribution is -2.36. The quantitative estimate of drug-likeness (QED) is 0.799. The summed E-state index contributed by atoms with van der Waals surface area (Å²) in [6, 6.07) is 5.73. The Bertz CT molecular complexity index is 471. The number of carbonyl (C=O) groups is 1. The van der Waals surface area contributed by atoms with E-state index in [1.807, 2.05) is 23.1 Å². The molecule has 1 aromatic rings. The SMILES string of the molecule is CCCC(CC)C(=O)C1=COCCN1c1ccccn1. The summed E-state index contributed by atoms with van der Waals surface area (Å²) in [5.41, 5.74) is 0.634. The molecule has 4 nitrogen and oxygen atoms in total. The number of nitrogens with zero attached hydrogens (tertiary/aromatic N) is 2. The van der Waals surface area contributed by atoms with Crippen molar-refractivity contribution in [3.63, 3.8) is 0 Å². The Morgan fingerprint density at radius 1 is 1.45 bits per heavy atom.